The first-order valence-corrected chi connectivity index (χ1v) is 8.96. The van der Waals surface area contributed by atoms with E-state index in [2.05, 4.69) is 10.6 Å². The van der Waals surface area contributed by atoms with E-state index in [0.717, 1.165) is 22.4 Å². The first-order valence-electron chi connectivity index (χ1n) is 8.96. The summed E-state index contributed by atoms with van der Waals surface area (Å²) in [5.74, 6) is -0.985. The molecule has 0 saturated heterocycles. The molecule has 1 heterocycles. The minimum atomic E-state index is -0.960. The fourth-order valence-electron chi connectivity index (χ4n) is 3.14. The van der Waals surface area contributed by atoms with Crippen molar-refractivity contribution in [3.05, 3.63) is 64.7 Å². The Balaban J connectivity index is 1.54. The number of carbonyl (C=O) groups is 3. The number of hydrogen-bond acceptors (Lipinski definition) is 3. The third-order valence-corrected chi connectivity index (χ3v) is 4.74. The highest BCUT2D eigenvalue weighted by Crippen LogP contribution is 2.26. The van der Waals surface area contributed by atoms with Gasteiger partial charge in [-0.05, 0) is 54.7 Å². The molecule has 1 atom stereocenters. The van der Waals surface area contributed by atoms with Crippen molar-refractivity contribution in [1.82, 2.24) is 5.32 Å². The first kappa shape index (κ1) is 18.6. The monoisotopic (exact) mass is 366 g/mol. The molecular formula is C21H22N2O4. The van der Waals surface area contributed by atoms with Crippen LogP contribution < -0.4 is 10.6 Å². The number of hydrogen-bond donors (Lipinski definition) is 3. The smallest absolute Gasteiger partial charge is 0.335 e. The Hall–Kier alpha value is -3.15. The quantitative estimate of drug-likeness (QED) is 0.732. The van der Waals surface area contributed by atoms with Gasteiger partial charge in [-0.1, -0.05) is 24.3 Å². The van der Waals surface area contributed by atoms with Gasteiger partial charge >= 0.3 is 5.97 Å². The Kier molecular flexibility index (Phi) is 5.54. The van der Waals surface area contributed by atoms with E-state index in [-0.39, 0.29) is 23.4 Å². The second-order valence-corrected chi connectivity index (χ2v) is 6.76. The lowest BCUT2D eigenvalue weighted by Crippen LogP contribution is -2.27. The van der Waals surface area contributed by atoms with Gasteiger partial charge in [0.1, 0.15) is 0 Å². The number of carboxylic acids is 1. The minimum absolute atomic E-state index is 0.0352. The van der Waals surface area contributed by atoms with Crippen LogP contribution in [0.1, 0.15) is 52.9 Å². The Morgan fingerprint density at radius 2 is 1.89 bits per heavy atom. The number of anilines is 1. The number of amides is 2. The van der Waals surface area contributed by atoms with E-state index >= 15 is 0 Å². The number of aryl methyl sites for hydroxylation is 2. The highest BCUT2D eigenvalue weighted by molar-refractivity contribution is 5.94. The molecule has 0 aromatic heterocycles. The van der Waals surface area contributed by atoms with E-state index < -0.39 is 5.97 Å². The van der Waals surface area contributed by atoms with Crippen molar-refractivity contribution in [2.75, 3.05) is 5.32 Å². The molecule has 2 amide bonds. The molecular weight excluding hydrogens is 344 g/mol. The van der Waals surface area contributed by atoms with Gasteiger partial charge < -0.3 is 15.7 Å². The Labute approximate surface area is 157 Å². The highest BCUT2D eigenvalue weighted by Gasteiger charge is 2.17. The number of benzene rings is 2. The summed E-state index contributed by atoms with van der Waals surface area (Å²) in [4.78, 5) is 34.5. The van der Waals surface area contributed by atoms with Gasteiger partial charge in [0.2, 0.25) is 11.8 Å². The minimum Gasteiger partial charge on any atom is -0.478 e. The Morgan fingerprint density at radius 1 is 1.15 bits per heavy atom. The largest absolute Gasteiger partial charge is 0.478 e. The summed E-state index contributed by atoms with van der Waals surface area (Å²) in [5.41, 5.74) is 4.10. The standard InChI is InChI=1S/C21H22N2O4/c1-13(16-7-9-18-17(12-16)8-11-20(25)23-18)22-19(24)10-4-14-2-5-15(6-3-14)21(26)27/h2-3,5-7,9,12-13H,4,8,10-11H2,1H3,(H,22,24)(H,23,25)(H,26,27). The molecule has 27 heavy (non-hydrogen) atoms. The maximum atomic E-state index is 12.2. The van der Waals surface area contributed by atoms with Crippen molar-refractivity contribution < 1.29 is 19.5 Å². The van der Waals surface area contributed by atoms with Gasteiger partial charge in [0, 0.05) is 18.5 Å². The molecule has 6 nitrogen and oxygen atoms in total. The van der Waals surface area contributed by atoms with Gasteiger partial charge in [-0.2, -0.15) is 0 Å². The molecule has 140 valence electrons. The third-order valence-electron chi connectivity index (χ3n) is 4.74. The highest BCUT2D eigenvalue weighted by atomic mass is 16.4. The third kappa shape index (κ3) is 4.73. The summed E-state index contributed by atoms with van der Waals surface area (Å²) in [6.07, 6.45) is 2.08. The Morgan fingerprint density at radius 3 is 2.59 bits per heavy atom. The molecule has 0 bridgehead atoms. The maximum absolute atomic E-state index is 12.2. The molecule has 6 heteroatoms. The van der Waals surface area contributed by atoms with Crippen molar-refractivity contribution in [2.24, 2.45) is 0 Å². The van der Waals surface area contributed by atoms with Crippen LogP contribution in [0.5, 0.6) is 0 Å². The van der Waals surface area contributed by atoms with Crippen LogP contribution in [0.2, 0.25) is 0 Å². The average Bonchev–Trinajstić information content (AvgIpc) is 2.66. The van der Waals surface area contributed by atoms with Crippen molar-refractivity contribution in [3.63, 3.8) is 0 Å². The molecule has 0 radical (unpaired) electrons. The van der Waals surface area contributed by atoms with Crippen molar-refractivity contribution >= 4 is 23.5 Å². The van der Waals surface area contributed by atoms with E-state index in [9.17, 15) is 14.4 Å². The molecule has 2 aromatic rings. The van der Waals surface area contributed by atoms with E-state index in [4.69, 9.17) is 5.11 Å². The molecule has 1 aliphatic heterocycles. The normalized spacial score (nSPS) is 14.0. The number of fused-ring (bicyclic) bond motifs is 1. The summed E-state index contributed by atoms with van der Waals surface area (Å²) < 4.78 is 0. The molecule has 3 rings (SSSR count). The molecule has 2 aromatic carbocycles. The predicted molar refractivity (Wildman–Crippen MR) is 102 cm³/mol. The Bertz CT molecular complexity index is 874. The number of nitrogens with one attached hydrogen (secondary N) is 2. The zero-order valence-corrected chi connectivity index (χ0v) is 15.1. The van der Waals surface area contributed by atoms with Crippen molar-refractivity contribution in [2.45, 2.75) is 38.6 Å². The van der Waals surface area contributed by atoms with Crippen LogP contribution in [-0.4, -0.2) is 22.9 Å². The summed E-state index contributed by atoms with van der Waals surface area (Å²) in [5, 5.41) is 14.7. The van der Waals surface area contributed by atoms with E-state index in [1.165, 1.54) is 0 Å². The number of carboxylic acid groups (broad SMARTS) is 1. The SMILES string of the molecule is CC(NC(=O)CCc1ccc(C(=O)O)cc1)c1ccc2c(c1)CCC(=O)N2. The zero-order valence-electron chi connectivity index (χ0n) is 15.1. The maximum Gasteiger partial charge on any atom is 0.335 e. The molecule has 0 fully saturated rings. The molecule has 0 aliphatic carbocycles. The van der Waals surface area contributed by atoms with Gasteiger partial charge in [-0.15, -0.1) is 0 Å². The molecule has 0 saturated carbocycles. The van der Waals surface area contributed by atoms with Crippen LogP contribution in [0.4, 0.5) is 5.69 Å². The van der Waals surface area contributed by atoms with Gasteiger partial charge in [0.05, 0.1) is 11.6 Å². The first-order chi connectivity index (χ1) is 12.9. The van der Waals surface area contributed by atoms with Crippen LogP contribution in [0, 0.1) is 0 Å². The topological polar surface area (TPSA) is 95.5 Å². The van der Waals surface area contributed by atoms with Gasteiger partial charge in [-0.25, -0.2) is 4.79 Å². The number of rotatable bonds is 6. The molecule has 1 unspecified atom stereocenters. The lowest BCUT2D eigenvalue weighted by atomic mass is 9.97. The fraction of sp³-hybridized carbons (Fsp3) is 0.286. The lowest BCUT2D eigenvalue weighted by Gasteiger charge is -2.20. The van der Waals surface area contributed by atoms with Crippen LogP contribution in [0.15, 0.2) is 42.5 Å². The van der Waals surface area contributed by atoms with Crippen LogP contribution in [-0.2, 0) is 22.4 Å². The zero-order chi connectivity index (χ0) is 19.4. The van der Waals surface area contributed by atoms with Crippen LogP contribution in [0.25, 0.3) is 0 Å². The van der Waals surface area contributed by atoms with Crippen molar-refractivity contribution in [1.29, 1.82) is 0 Å². The fourth-order valence-corrected chi connectivity index (χ4v) is 3.14. The molecule has 1 aliphatic rings. The van der Waals surface area contributed by atoms with Gasteiger partial charge in [-0.3, -0.25) is 9.59 Å². The van der Waals surface area contributed by atoms with E-state index in [1.54, 1.807) is 24.3 Å². The van der Waals surface area contributed by atoms with E-state index in [0.29, 0.717) is 25.7 Å². The average molecular weight is 366 g/mol. The number of carbonyl (C=O) groups excluding carboxylic acids is 2. The van der Waals surface area contributed by atoms with Crippen LogP contribution in [0.3, 0.4) is 0 Å². The molecule has 0 spiro atoms. The summed E-state index contributed by atoms with van der Waals surface area (Å²) >= 11 is 0. The second-order valence-electron chi connectivity index (χ2n) is 6.76. The van der Waals surface area contributed by atoms with Crippen LogP contribution >= 0.6 is 0 Å². The second kappa shape index (κ2) is 8.03. The summed E-state index contributed by atoms with van der Waals surface area (Å²) in [6, 6.07) is 12.3. The van der Waals surface area contributed by atoms with E-state index in [1.807, 2.05) is 25.1 Å². The van der Waals surface area contributed by atoms with Gasteiger partial charge in [0.15, 0.2) is 0 Å². The lowest BCUT2D eigenvalue weighted by molar-refractivity contribution is -0.121. The molecule has 3 N–H and O–H groups in total. The summed E-state index contributed by atoms with van der Waals surface area (Å²) in [6.45, 7) is 1.93. The number of aromatic carboxylic acids is 1. The predicted octanol–water partition coefficient (Wildman–Crippen LogP) is 3.08. The van der Waals surface area contributed by atoms with Gasteiger partial charge in [0.25, 0.3) is 0 Å². The summed E-state index contributed by atoms with van der Waals surface area (Å²) in [7, 11) is 0. The van der Waals surface area contributed by atoms with Crippen molar-refractivity contribution in [3.8, 4) is 0 Å².